The summed E-state index contributed by atoms with van der Waals surface area (Å²) in [5, 5.41) is 4.22. The van der Waals surface area contributed by atoms with Crippen molar-refractivity contribution in [3.05, 3.63) is 30.0 Å². The second-order valence-corrected chi connectivity index (χ2v) is 5.67. The highest BCUT2D eigenvalue weighted by Crippen LogP contribution is 2.35. The highest BCUT2D eigenvalue weighted by atomic mass is 16.5. The molecule has 0 saturated heterocycles. The maximum atomic E-state index is 6.09. The summed E-state index contributed by atoms with van der Waals surface area (Å²) in [6.07, 6.45) is 5.72. The lowest BCUT2D eigenvalue weighted by Crippen LogP contribution is -2.19. The van der Waals surface area contributed by atoms with Crippen LogP contribution in [0.3, 0.4) is 0 Å². The van der Waals surface area contributed by atoms with Crippen molar-refractivity contribution >= 4 is 5.82 Å². The lowest BCUT2D eigenvalue weighted by molar-refractivity contribution is 0.181. The van der Waals surface area contributed by atoms with E-state index in [4.69, 9.17) is 10.5 Å². The zero-order valence-corrected chi connectivity index (χ0v) is 12.1. The average molecular weight is 271 g/mol. The Morgan fingerprint density at radius 2 is 2.15 bits per heavy atom. The number of anilines is 1. The van der Waals surface area contributed by atoms with Crippen LogP contribution in [-0.4, -0.2) is 16.4 Å². The smallest absolute Gasteiger partial charge is 0.129 e. The molecule has 1 heterocycles. The Morgan fingerprint density at radius 1 is 1.35 bits per heavy atom. The van der Waals surface area contributed by atoms with Gasteiger partial charge in [0.2, 0.25) is 0 Å². The minimum atomic E-state index is 0.670. The molecule has 1 aromatic heterocycles. The fourth-order valence-electron chi connectivity index (χ4n) is 2.50. The monoisotopic (exact) mass is 271 g/mol. The number of rotatable bonds is 4. The van der Waals surface area contributed by atoms with Gasteiger partial charge in [-0.15, -0.1) is 0 Å². The Labute approximate surface area is 119 Å². The summed E-state index contributed by atoms with van der Waals surface area (Å²) >= 11 is 0. The van der Waals surface area contributed by atoms with E-state index in [0.717, 1.165) is 29.4 Å². The van der Waals surface area contributed by atoms with Gasteiger partial charge >= 0.3 is 0 Å². The van der Waals surface area contributed by atoms with Gasteiger partial charge in [-0.3, -0.25) is 4.68 Å². The fraction of sp³-hybridized carbons (Fsp3) is 0.438. The topological polar surface area (TPSA) is 53.1 Å². The molecule has 0 bridgehead atoms. The van der Waals surface area contributed by atoms with Crippen molar-refractivity contribution < 1.29 is 4.74 Å². The van der Waals surface area contributed by atoms with Gasteiger partial charge in [-0.1, -0.05) is 18.1 Å². The van der Waals surface area contributed by atoms with Gasteiger partial charge in [-0.25, -0.2) is 0 Å². The van der Waals surface area contributed by atoms with E-state index in [-0.39, 0.29) is 0 Å². The molecule has 1 saturated carbocycles. The van der Waals surface area contributed by atoms with Gasteiger partial charge in [0.1, 0.15) is 11.6 Å². The molecule has 1 aromatic carbocycles. The lowest BCUT2D eigenvalue weighted by atomic mass is 9.86. The molecule has 4 nitrogen and oxygen atoms in total. The van der Waals surface area contributed by atoms with Gasteiger partial charge in [-0.2, -0.15) is 5.10 Å². The van der Waals surface area contributed by atoms with Gasteiger partial charge in [0.15, 0.2) is 0 Å². The van der Waals surface area contributed by atoms with E-state index in [0.29, 0.717) is 5.82 Å². The number of aromatic nitrogens is 2. The zero-order valence-electron chi connectivity index (χ0n) is 12.1. The standard InChI is InChI=1S/C16H21N3O/c1-11-6-7-15(20-10-12-4-3-5-12)13(8-11)14-9-18-19(2)16(14)17/h6-9,12H,3-5,10,17H2,1-2H3. The normalized spacial score (nSPS) is 15.1. The lowest BCUT2D eigenvalue weighted by Gasteiger charge is -2.25. The van der Waals surface area contributed by atoms with Crippen LogP contribution in [0.5, 0.6) is 5.75 Å². The van der Waals surface area contributed by atoms with Crippen LogP contribution in [0.1, 0.15) is 24.8 Å². The summed E-state index contributed by atoms with van der Waals surface area (Å²) < 4.78 is 7.71. The van der Waals surface area contributed by atoms with Crippen molar-refractivity contribution in [1.29, 1.82) is 0 Å². The highest BCUT2D eigenvalue weighted by Gasteiger charge is 2.19. The molecule has 1 aliphatic rings. The largest absolute Gasteiger partial charge is 0.493 e. The Morgan fingerprint density at radius 3 is 2.75 bits per heavy atom. The Balaban J connectivity index is 1.91. The molecule has 2 N–H and O–H groups in total. The molecule has 2 aromatic rings. The molecular formula is C16H21N3O. The van der Waals surface area contributed by atoms with Crippen molar-refractivity contribution in [2.75, 3.05) is 12.3 Å². The zero-order chi connectivity index (χ0) is 14.1. The molecule has 0 spiro atoms. The maximum Gasteiger partial charge on any atom is 0.129 e. The third-order valence-electron chi connectivity index (χ3n) is 4.11. The third-order valence-corrected chi connectivity index (χ3v) is 4.11. The van der Waals surface area contributed by atoms with Crippen LogP contribution in [-0.2, 0) is 7.05 Å². The molecule has 106 valence electrons. The first kappa shape index (κ1) is 13.0. The molecule has 1 fully saturated rings. The second-order valence-electron chi connectivity index (χ2n) is 5.67. The molecule has 0 aliphatic heterocycles. The summed E-state index contributed by atoms with van der Waals surface area (Å²) in [6.45, 7) is 2.88. The van der Waals surface area contributed by atoms with Crippen molar-refractivity contribution in [3.63, 3.8) is 0 Å². The number of nitrogen functional groups attached to an aromatic ring is 1. The van der Waals surface area contributed by atoms with E-state index in [9.17, 15) is 0 Å². The van der Waals surface area contributed by atoms with E-state index >= 15 is 0 Å². The SMILES string of the molecule is Cc1ccc(OCC2CCC2)c(-c2cnn(C)c2N)c1. The van der Waals surface area contributed by atoms with Crippen molar-refractivity contribution in [1.82, 2.24) is 9.78 Å². The summed E-state index contributed by atoms with van der Waals surface area (Å²) in [5.74, 6) is 2.29. The van der Waals surface area contributed by atoms with E-state index in [1.807, 2.05) is 13.1 Å². The summed E-state index contributed by atoms with van der Waals surface area (Å²) in [7, 11) is 1.85. The van der Waals surface area contributed by atoms with E-state index in [2.05, 4.69) is 24.2 Å². The second kappa shape index (κ2) is 5.19. The van der Waals surface area contributed by atoms with Crippen LogP contribution in [0.25, 0.3) is 11.1 Å². The predicted molar refractivity (Wildman–Crippen MR) is 80.6 cm³/mol. The number of ether oxygens (including phenoxy) is 1. The van der Waals surface area contributed by atoms with Crippen LogP contribution in [0.15, 0.2) is 24.4 Å². The molecule has 0 radical (unpaired) electrons. The van der Waals surface area contributed by atoms with Gasteiger partial charge in [0.25, 0.3) is 0 Å². The number of nitrogens with two attached hydrogens (primary N) is 1. The molecule has 4 heteroatoms. The first-order valence-electron chi connectivity index (χ1n) is 7.16. The van der Waals surface area contributed by atoms with Crippen LogP contribution >= 0.6 is 0 Å². The van der Waals surface area contributed by atoms with Gasteiger partial charge in [0, 0.05) is 18.2 Å². The first-order chi connectivity index (χ1) is 9.65. The number of benzene rings is 1. The highest BCUT2D eigenvalue weighted by molar-refractivity contribution is 5.78. The molecule has 3 rings (SSSR count). The Kier molecular flexibility index (Phi) is 3.38. The Bertz CT molecular complexity index is 614. The summed E-state index contributed by atoms with van der Waals surface area (Å²) in [5.41, 5.74) is 9.27. The average Bonchev–Trinajstić information content (AvgIpc) is 2.70. The van der Waals surface area contributed by atoms with Crippen LogP contribution in [0.4, 0.5) is 5.82 Å². The van der Waals surface area contributed by atoms with Gasteiger partial charge in [-0.05, 0) is 37.8 Å². The third kappa shape index (κ3) is 2.38. The minimum Gasteiger partial charge on any atom is -0.493 e. The van der Waals surface area contributed by atoms with Crippen molar-refractivity contribution in [2.45, 2.75) is 26.2 Å². The number of aryl methyl sites for hydroxylation is 2. The van der Waals surface area contributed by atoms with Gasteiger partial charge < -0.3 is 10.5 Å². The molecule has 20 heavy (non-hydrogen) atoms. The maximum absolute atomic E-state index is 6.09. The van der Waals surface area contributed by atoms with E-state index in [1.54, 1.807) is 10.9 Å². The van der Waals surface area contributed by atoms with Crippen LogP contribution in [0, 0.1) is 12.8 Å². The summed E-state index contributed by atoms with van der Waals surface area (Å²) in [6, 6.07) is 6.23. The number of hydrogen-bond donors (Lipinski definition) is 1. The van der Waals surface area contributed by atoms with Crippen molar-refractivity contribution in [3.8, 4) is 16.9 Å². The number of hydrogen-bond acceptors (Lipinski definition) is 3. The van der Waals surface area contributed by atoms with Gasteiger partial charge in [0.05, 0.1) is 12.8 Å². The fourth-order valence-corrected chi connectivity index (χ4v) is 2.50. The van der Waals surface area contributed by atoms with E-state index < -0.39 is 0 Å². The quantitative estimate of drug-likeness (QED) is 0.929. The van der Waals surface area contributed by atoms with Crippen LogP contribution in [0.2, 0.25) is 0 Å². The molecule has 0 amide bonds. The molecule has 0 atom stereocenters. The van der Waals surface area contributed by atoms with E-state index in [1.165, 1.54) is 24.8 Å². The molecule has 0 unspecified atom stereocenters. The minimum absolute atomic E-state index is 0.670. The van der Waals surface area contributed by atoms with Crippen molar-refractivity contribution in [2.24, 2.45) is 13.0 Å². The molecule has 1 aliphatic carbocycles. The molecular weight excluding hydrogens is 250 g/mol. The Hall–Kier alpha value is -1.97. The predicted octanol–water partition coefficient (Wildman–Crippen LogP) is 3.16. The first-order valence-corrected chi connectivity index (χ1v) is 7.16. The van der Waals surface area contributed by atoms with Crippen LogP contribution < -0.4 is 10.5 Å². The summed E-state index contributed by atoms with van der Waals surface area (Å²) in [4.78, 5) is 0. The number of nitrogens with zero attached hydrogens (tertiary/aromatic N) is 2.